The van der Waals surface area contributed by atoms with Gasteiger partial charge in [-0.2, -0.15) is 0 Å². The highest BCUT2D eigenvalue weighted by Gasteiger charge is 2.26. The zero-order valence-electron chi connectivity index (χ0n) is 15.4. The van der Waals surface area contributed by atoms with Gasteiger partial charge in [0.15, 0.2) is 0 Å². The molecular formula is C20H20BrN3O3S. The molecule has 8 heteroatoms. The van der Waals surface area contributed by atoms with E-state index >= 15 is 0 Å². The van der Waals surface area contributed by atoms with Crippen LogP contribution >= 0.6 is 27.7 Å². The molecule has 1 aromatic heterocycles. The van der Waals surface area contributed by atoms with Crippen molar-refractivity contribution in [1.29, 1.82) is 0 Å². The van der Waals surface area contributed by atoms with Gasteiger partial charge in [0.05, 0.1) is 4.91 Å². The van der Waals surface area contributed by atoms with E-state index in [-0.39, 0.29) is 23.6 Å². The molecule has 0 aliphatic carbocycles. The number of hydrogen-bond acceptors (Lipinski definition) is 4. The molecule has 28 heavy (non-hydrogen) atoms. The number of piperidine rings is 1. The quantitative estimate of drug-likeness (QED) is 0.701. The van der Waals surface area contributed by atoms with Crippen LogP contribution in [0.15, 0.2) is 33.8 Å². The zero-order chi connectivity index (χ0) is 19.8. The fourth-order valence-corrected chi connectivity index (χ4v) is 4.64. The number of carbonyl (C=O) groups excluding carboxylic acids is 3. The van der Waals surface area contributed by atoms with Crippen molar-refractivity contribution in [2.75, 3.05) is 13.1 Å². The average molecular weight is 462 g/mol. The Morgan fingerprint density at radius 3 is 2.75 bits per heavy atom. The van der Waals surface area contributed by atoms with Crippen molar-refractivity contribution in [2.24, 2.45) is 5.92 Å². The molecular weight excluding hydrogens is 442 g/mol. The van der Waals surface area contributed by atoms with E-state index in [1.165, 1.54) is 0 Å². The molecule has 2 aromatic rings. The minimum absolute atomic E-state index is 0.106. The standard InChI is InChI=1S/C20H20BrN3O3S/c1-12-4-6-23(7-5-12)18(25)11-24-10-13(8-17-19(26)22-20(27)28-17)15-9-14(21)2-3-16(15)24/h2-3,8-10,12H,4-7,11H2,1H3,(H,22,26,27)/b17-8-. The van der Waals surface area contributed by atoms with Gasteiger partial charge in [-0.05, 0) is 54.8 Å². The molecule has 0 saturated carbocycles. The summed E-state index contributed by atoms with van der Waals surface area (Å²) in [5, 5.41) is 2.83. The second-order valence-corrected chi connectivity index (χ2v) is 9.22. The van der Waals surface area contributed by atoms with Crippen molar-refractivity contribution in [3.8, 4) is 0 Å². The second-order valence-electron chi connectivity index (χ2n) is 7.29. The van der Waals surface area contributed by atoms with E-state index in [1.807, 2.05) is 33.9 Å². The number of nitrogens with zero attached hydrogens (tertiary/aromatic N) is 2. The average Bonchev–Trinajstić information content (AvgIpc) is 3.14. The number of amides is 3. The molecule has 2 aliphatic rings. The lowest BCUT2D eigenvalue weighted by Gasteiger charge is -2.30. The van der Waals surface area contributed by atoms with Crippen molar-refractivity contribution < 1.29 is 14.4 Å². The maximum absolute atomic E-state index is 12.8. The van der Waals surface area contributed by atoms with Crippen molar-refractivity contribution >= 4 is 61.7 Å². The minimum Gasteiger partial charge on any atom is -0.341 e. The Balaban J connectivity index is 1.66. The second kappa shape index (κ2) is 7.75. The highest BCUT2D eigenvalue weighted by Crippen LogP contribution is 2.31. The molecule has 0 unspecified atom stereocenters. The molecule has 1 aromatic carbocycles. The zero-order valence-corrected chi connectivity index (χ0v) is 17.8. The van der Waals surface area contributed by atoms with Crippen LogP contribution in [0.25, 0.3) is 17.0 Å². The third kappa shape index (κ3) is 3.89. The maximum atomic E-state index is 12.8. The first kappa shape index (κ1) is 19.3. The third-order valence-electron chi connectivity index (χ3n) is 5.24. The molecule has 2 aliphatic heterocycles. The lowest BCUT2D eigenvalue weighted by molar-refractivity contribution is -0.133. The number of aromatic nitrogens is 1. The van der Waals surface area contributed by atoms with Gasteiger partial charge >= 0.3 is 0 Å². The number of hydrogen-bond donors (Lipinski definition) is 1. The summed E-state index contributed by atoms with van der Waals surface area (Å²) in [7, 11) is 0. The lowest BCUT2D eigenvalue weighted by atomic mass is 9.99. The number of carbonyl (C=O) groups is 3. The predicted molar refractivity (Wildman–Crippen MR) is 114 cm³/mol. The Kier molecular flexibility index (Phi) is 5.33. The number of nitrogens with one attached hydrogen (secondary N) is 1. The molecule has 0 radical (unpaired) electrons. The monoisotopic (exact) mass is 461 g/mol. The predicted octanol–water partition coefficient (Wildman–Crippen LogP) is 3.99. The molecule has 0 bridgehead atoms. The van der Waals surface area contributed by atoms with Crippen LogP contribution in [0.3, 0.4) is 0 Å². The summed E-state index contributed by atoms with van der Waals surface area (Å²) < 4.78 is 2.83. The Morgan fingerprint density at radius 2 is 2.07 bits per heavy atom. The van der Waals surface area contributed by atoms with E-state index in [0.29, 0.717) is 10.8 Å². The van der Waals surface area contributed by atoms with E-state index in [1.54, 1.807) is 6.08 Å². The number of likely N-dealkylation sites (tertiary alicyclic amines) is 1. The van der Waals surface area contributed by atoms with Crippen LogP contribution in [0.2, 0.25) is 0 Å². The van der Waals surface area contributed by atoms with Crippen LogP contribution in [0.1, 0.15) is 25.3 Å². The summed E-state index contributed by atoms with van der Waals surface area (Å²) in [5.41, 5.74) is 1.73. The van der Waals surface area contributed by atoms with Crippen LogP contribution in [-0.2, 0) is 16.1 Å². The van der Waals surface area contributed by atoms with Gasteiger partial charge in [-0.1, -0.05) is 22.9 Å². The van der Waals surface area contributed by atoms with E-state index in [9.17, 15) is 14.4 Å². The van der Waals surface area contributed by atoms with Crippen LogP contribution in [0, 0.1) is 5.92 Å². The summed E-state index contributed by atoms with van der Waals surface area (Å²) in [4.78, 5) is 38.5. The first-order valence-corrected chi connectivity index (χ1v) is 10.8. The van der Waals surface area contributed by atoms with Gasteiger partial charge < -0.3 is 9.47 Å². The fourth-order valence-electron chi connectivity index (χ4n) is 3.61. The molecule has 6 nitrogen and oxygen atoms in total. The van der Waals surface area contributed by atoms with Crippen molar-refractivity contribution in [1.82, 2.24) is 14.8 Å². The molecule has 4 rings (SSSR count). The Labute approximate surface area is 175 Å². The molecule has 1 N–H and O–H groups in total. The summed E-state index contributed by atoms with van der Waals surface area (Å²) in [6.45, 7) is 4.09. The van der Waals surface area contributed by atoms with E-state index in [4.69, 9.17) is 0 Å². The van der Waals surface area contributed by atoms with E-state index < -0.39 is 0 Å². The molecule has 146 valence electrons. The van der Waals surface area contributed by atoms with Crippen LogP contribution in [0.4, 0.5) is 4.79 Å². The normalized spacial score (nSPS) is 19.6. The third-order valence-corrected chi connectivity index (χ3v) is 6.55. The van der Waals surface area contributed by atoms with Crippen LogP contribution in [-0.4, -0.2) is 39.6 Å². The fraction of sp³-hybridized carbons (Fsp3) is 0.350. The van der Waals surface area contributed by atoms with Crippen molar-refractivity contribution in [3.63, 3.8) is 0 Å². The SMILES string of the molecule is CC1CCN(C(=O)Cn2cc(/C=C3\SC(=O)NC3=O)c3cc(Br)ccc32)CC1. The molecule has 3 amide bonds. The number of benzene rings is 1. The Bertz CT molecular complexity index is 1010. The largest absolute Gasteiger partial charge is 0.341 e. The molecule has 0 atom stereocenters. The maximum Gasteiger partial charge on any atom is 0.290 e. The Hall–Kier alpha value is -2.06. The minimum atomic E-state index is -0.385. The summed E-state index contributed by atoms with van der Waals surface area (Å²) in [5.74, 6) is 0.392. The molecule has 2 fully saturated rings. The van der Waals surface area contributed by atoms with E-state index in [2.05, 4.69) is 28.2 Å². The number of thioether (sulfide) groups is 1. The highest BCUT2D eigenvalue weighted by atomic mass is 79.9. The first-order valence-electron chi connectivity index (χ1n) is 9.22. The van der Waals surface area contributed by atoms with E-state index in [0.717, 1.165) is 58.6 Å². The lowest BCUT2D eigenvalue weighted by Crippen LogP contribution is -2.39. The van der Waals surface area contributed by atoms with Gasteiger partial charge in [-0.15, -0.1) is 0 Å². The van der Waals surface area contributed by atoms with Gasteiger partial charge in [-0.3, -0.25) is 19.7 Å². The summed E-state index contributed by atoms with van der Waals surface area (Å²) in [6.07, 6.45) is 5.68. The highest BCUT2D eigenvalue weighted by molar-refractivity contribution is 9.10. The van der Waals surface area contributed by atoms with Crippen LogP contribution < -0.4 is 5.32 Å². The number of halogens is 1. The summed E-state index contributed by atoms with van der Waals surface area (Å²) in [6, 6.07) is 5.86. The topological polar surface area (TPSA) is 71.4 Å². The van der Waals surface area contributed by atoms with Crippen molar-refractivity contribution in [3.05, 3.63) is 39.3 Å². The molecule has 0 spiro atoms. The first-order chi connectivity index (χ1) is 13.4. The number of fused-ring (bicyclic) bond motifs is 1. The van der Waals surface area contributed by atoms with Crippen LogP contribution in [0.5, 0.6) is 0 Å². The van der Waals surface area contributed by atoms with Gasteiger partial charge in [0.2, 0.25) is 5.91 Å². The molecule has 2 saturated heterocycles. The van der Waals surface area contributed by atoms with Gasteiger partial charge in [0.25, 0.3) is 11.1 Å². The number of imide groups is 1. The number of rotatable bonds is 3. The smallest absolute Gasteiger partial charge is 0.290 e. The van der Waals surface area contributed by atoms with Gasteiger partial charge in [0, 0.05) is 40.2 Å². The van der Waals surface area contributed by atoms with Crippen molar-refractivity contribution in [2.45, 2.75) is 26.3 Å². The van der Waals surface area contributed by atoms with Gasteiger partial charge in [0.1, 0.15) is 6.54 Å². The summed E-state index contributed by atoms with van der Waals surface area (Å²) >= 11 is 4.38. The Morgan fingerprint density at radius 1 is 1.32 bits per heavy atom. The molecule has 3 heterocycles. The van der Waals surface area contributed by atoms with Gasteiger partial charge in [-0.25, -0.2) is 0 Å².